The Morgan fingerprint density at radius 2 is 2.33 bits per heavy atom. The van der Waals surface area contributed by atoms with Gasteiger partial charge in [-0.1, -0.05) is 18.2 Å². The van der Waals surface area contributed by atoms with E-state index in [4.69, 9.17) is 16.9 Å². The van der Waals surface area contributed by atoms with Gasteiger partial charge in [-0.05, 0) is 6.07 Å². The number of para-hydroxylation sites is 1. The zero-order valence-electron chi connectivity index (χ0n) is 10.1. The van der Waals surface area contributed by atoms with Crippen LogP contribution in [0.5, 0.6) is 5.75 Å². The lowest BCUT2D eigenvalue weighted by atomic mass is 10.1. The summed E-state index contributed by atoms with van der Waals surface area (Å²) in [6.07, 6.45) is 5.44. The fraction of sp³-hybridized carbons (Fsp3) is 0.357. The molecule has 1 aliphatic rings. The molecule has 0 spiro atoms. The van der Waals surface area contributed by atoms with Gasteiger partial charge in [-0.3, -0.25) is 4.79 Å². The van der Waals surface area contributed by atoms with Crippen molar-refractivity contribution in [1.82, 2.24) is 4.90 Å². The van der Waals surface area contributed by atoms with Crippen molar-refractivity contribution < 1.29 is 9.53 Å². The van der Waals surface area contributed by atoms with Crippen molar-refractivity contribution >= 4 is 5.91 Å². The molecule has 94 valence electrons. The minimum Gasteiger partial charge on any atom is -0.491 e. The van der Waals surface area contributed by atoms with E-state index < -0.39 is 6.04 Å². The van der Waals surface area contributed by atoms with Gasteiger partial charge in [-0.15, -0.1) is 12.3 Å². The van der Waals surface area contributed by atoms with Gasteiger partial charge in [0.15, 0.2) is 0 Å². The molecule has 0 bridgehead atoms. The Bertz CT molecular complexity index is 479. The molecule has 0 aliphatic carbocycles. The van der Waals surface area contributed by atoms with E-state index in [1.54, 1.807) is 4.90 Å². The van der Waals surface area contributed by atoms with Crippen LogP contribution >= 0.6 is 0 Å². The fourth-order valence-corrected chi connectivity index (χ4v) is 1.96. The molecule has 4 heteroatoms. The number of ether oxygens (including phenoxy) is 1. The van der Waals surface area contributed by atoms with Crippen LogP contribution in [0.25, 0.3) is 0 Å². The first-order chi connectivity index (χ1) is 8.72. The average molecular weight is 244 g/mol. The van der Waals surface area contributed by atoms with Crippen molar-refractivity contribution in [3.05, 3.63) is 29.8 Å². The minimum atomic E-state index is -0.625. The average Bonchev–Trinajstić information content (AvgIpc) is 2.60. The minimum absolute atomic E-state index is 0.117. The van der Waals surface area contributed by atoms with Gasteiger partial charge in [0, 0.05) is 18.5 Å². The SMILES string of the molecule is C#CCC(N)C(=O)N1CCOc2ccccc2C1. The Labute approximate surface area is 107 Å². The Balaban J connectivity index is 2.13. The number of nitrogens with two attached hydrogens (primary N) is 1. The number of terminal acetylenes is 1. The number of carbonyl (C=O) groups is 1. The number of carbonyl (C=O) groups excluding carboxylic acids is 1. The first-order valence-corrected chi connectivity index (χ1v) is 5.91. The smallest absolute Gasteiger partial charge is 0.240 e. The highest BCUT2D eigenvalue weighted by molar-refractivity contribution is 5.82. The van der Waals surface area contributed by atoms with Crippen LogP contribution in [0.3, 0.4) is 0 Å². The maximum absolute atomic E-state index is 12.1. The second kappa shape index (κ2) is 5.56. The quantitative estimate of drug-likeness (QED) is 0.781. The van der Waals surface area contributed by atoms with Gasteiger partial charge >= 0.3 is 0 Å². The first kappa shape index (κ1) is 12.5. The third kappa shape index (κ3) is 2.63. The number of rotatable bonds is 2. The molecular weight excluding hydrogens is 228 g/mol. The van der Waals surface area contributed by atoms with Crippen LogP contribution in [-0.2, 0) is 11.3 Å². The molecule has 0 saturated carbocycles. The van der Waals surface area contributed by atoms with E-state index in [1.165, 1.54) is 0 Å². The number of hydrogen-bond donors (Lipinski definition) is 1. The van der Waals surface area contributed by atoms with Gasteiger partial charge in [0.2, 0.25) is 5.91 Å². The lowest BCUT2D eigenvalue weighted by Gasteiger charge is -2.22. The maximum Gasteiger partial charge on any atom is 0.240 e. The molecule has 0 saturated heterocycles. The lowest BCUT2D eigenvalue weighted by Crippen LogP contribution is -2.44. The summed E-state index contributed by atoms with van der Waals surface area (Å²) in [5.74, 6) is 3.13. The molecule has 18 heavy (non-hydrogen) atoms. The molecular formula is C14H16N2O2. The number of nitrogens with zero attached hydrogens (tertiary/aromatic N) is 1. The van der Waals surface area contributed by atoms with Crippen LogP contribution in [-0.4, -0.2) is 30.0 Å². The molecule has 2 rings (SSSR count). The Morgan fingerprint density at radius 1 is 1.56 bits per heavy atom. The molecule has 1 heterocycles. The summed E-state index contributed by atoms with van der Waals surface area (Å²) in [6, 6.07) is 7.08. The number of fused-ring (bicyclic) bond motifs is 1. The van der Waals surface area contributed by atoms with E-state index in [2.05, 4.69) is 5.92 Å². The Kier molecular flexibility index (Phi) is 3.85. The molecule has 1 aromatic rings. The summed E-state index contributed by atoms with van der Waals surface area (Å²) in [5.41, 5.74) is 6.75. The van der Waals surface area contributed by atoms with Gasteiger partial charge < -0.3 is 15.4 Å². The van der Waals surface area contributed by atoms with Crippen molar-refractivity contribution in [2.24, 2.45) is 5.73 Å². The summed E-state index contributed by atoms with van der Waals surface area (Å²) in [7, 11) is 0. The number of hydrogen-bond acceptors (Lipinski definition) is 3. The van der Waals surface area contributed by atoms with Crippen LogP contribution < -0.4 is 10.5 Å². The second-order valence-electron chi connectivity index (χ2n) is 4.23. The van der Waals surface area contributed by atoms with Crippen molar-refractivity contribution in [2.45, 2.75) is 19.0 Å². The predicted octanol–water partition coefficient (Wildman–Crippen LogP) is 0.758. The van der Waals surface area contributed by atoms with Gasteiger partial charge in [-0.25, -0.2) is 0 Å². The third-order valence-corrected chi connectivity index (χ3v) is 2.92. The van der Waals surface area contributed by atoms with Crippen LogP contribution in [0.2, 0.25) is 0 Å². The standard InChI is InChI=1S/C14H16N2O2/c1-2-5-12(15)14(17)16-8-9-18-13-7-4-3-6-11(13)10-16/h1,3-4,6-7,12H,5,8-10,15H2. The van der Waals surface area contributed by atoms with E-state index in [1.807, 2.05) is 24.3 Å². The Morgan fingerprint density at radius 3 is 3.11 bits per heavy atom. The highest BCUT2D eigenvalue weighted by atomic mass is 16.5. The van der Waals surface area contributed by atoms with Crippen LogP contribution in [0.1, 0.15) is 12.0 Å². The fourth-order valence-electron chi connectivity index (χ4n) is 1.96. The molecule has 0 radical (unpaired) electrons. The lowest BCUT2D eigenvalue weighted by molar-refractivity contribution is -0.133. The second-order valence-corrected chi connectivity index (χ2v) is 4.23. The van der Waals surface area contributed by atoms with Crippen molar-refractivity contribution in [3.8, 4) is 18.1 Å². The number of amides is 1. The maximum atomic E-state index is 12.1. The predicted molar refractivity (Wildman–Crippen MR) is 68.8 cm³/mol. The van der Waals surface area contributed by atoms with Crippen LogP contribution in [0, 0.1) is 12.3 Å². The van der Waals surface area contributed by atoms with Crippen LogP contribution in [0.15, 0.2) is 24.3 Å². The summed E-state index contributed by atoms with van der Waals surface area (Å²) in [4.78, 5) is 13.8. The number of benzene rings is 1. The zero-order chi connectivity index (χ0) is 13.0. The molecule has 4 nitrogen and oxygen atoms in total. The molecule has 0 fully saturated rings. The third-order valence-electron chi connectivity index (χ3n) is 2.92. The molecule has 1 unspecified atom stereocenters. The summed E-state index contributed by atoms with van der Waals surface area (Å²) < 4.78 is 5.59. The highest BCUT2D eigenvalue weighted by Gasteiger charge is 2.23. The summed E-state index contributed by atoms with van der Waals surface area (Å²) >= 11 is 0. The van der Waals surface area contributed by atoms with Gasteiger partial charge in [0.05, 0.1) is 12.6 Å². The molecule has 2 N–H and O–H groups in total. The van der Waals surface area contributed by atoms with E-state index in [9.17, 15) is 4.79 Å². The largest absolute Gasteiger partial charge is 0.491 e. The molecule has 1 aliphatic heterocycles. The Hall–Kier alpha value is -1.99. The van der Waals surface area contributed by atoms with Crippen molar-refractivity contribution in [2.75, 3.05) is 13.2 Å². The zero-order valence-corrected chi connectivity index (χ0v) is 10.1. The van der Waals surface area contributed by atoms with Gasteiger partial charge in [-0.2, -0.15) is 0 Å². The topological polar surface area (TPSA) is 55.6 Å². The van der Waals surface area contributed by atoms with E-state index in [0.717, 1.165) is 11.3 Å². The molecule has 1 atom stereocenters. The molecule has 1 amide bonds. The normalized spacial score (nSPS) is 15.9. The van der Waals surface area contributed by atoms with E-state index in [0.29, 0.717) is 19.7 Å². The van der Waals surface area contributed by atoms with Crippen molar-refractivity contribution in [3.63, 3.8) is 0 Å². The molecule has 0 aromatic heterocycles. The monoisotopic (exact) mass is 244 g/mol. The van der Waals surface area contributed by atoms with Gasteiger partial charge in [0.25, 0.3) is 0 Å². The van der Waals surface area contributed by atoms with E-state index >= 15 is 0 Å². The van der Waals surface area contributed by atoms with E-state index in [-0.39, 0.29) is 12.3 Å². The summed E-state index contributed by atoms with van der Waals surface area (Å²) in [5, 5.41) is 0. The first-order valence-electron chi connectivity index (χ1n) is 5.91. The summed E-state index contributed by atoms with van der Waals surface area (Å²) in [6.45, 7) is 1.53. The highest BCUT2D eigenvalue weighted by Crippen LogP contribution is 2.22. The van der Waals surface area contributed by atoms with Crippen LogP contribution in [0.4, 0.5) is 0 Å². The van der Waals surface area contributed by atoms with Crippen molar-refractivity contribution in [1.29, 1.82) is 0 Å². The molecule has 1 aromatic carbocycles. The van der Waals surface area contributed by atoms with Gasteiger partial charge in [0.1, 0.15) is 12.4 Å².